The fourth-order valence-corrected chi connectivity index (χ4v) is 8.99. The summed E-state index contributed by atoms with van der Waals surface area (Å²) in [5.41, 5.74) is 2.16. The normalized spacial score (nSPS) is 12.7. The van der Waals surface area contributed by atoms with Crippen LogP contribution in [0.25, 0.3) is 0 Å². The van der Waals surface area contributed by atoms with Gasteiger partial charge in [-0.2, -0.15) is 0 Å². The fraction of sp³-hybridized carbons (Fsp3) is 0.704. The van der Waals surface area contributed by atoms with Crippen molar-refractivity contribution in [3.05, 3.63) is 71.8 Å². The summed E-state index contributed by atoms with van der Waals surface area (Å²) >= 11 is 0. The summed E-state index contributed by atoms with van der Waals surface area (Å²) in [6.07, 6.45) is 26.5. The van der Waals surface area contributed by atoms with Gasteiger partial charge in [0.15, 0.2) is 6.10 Å². The van der Waals surface area contributed by atoms with Crippen LogP contribution in [0.5, 0.6) is 0 Å². The second-order valence-corrected chi connectivity index (χ2v) is 20.0. The van der Waals surface area contributed by atoms with Crippen LogP contribution < -0.4 is 10.6 Å². The van der Waals surface area contributed by atoms with E-state index < -0.39 is 44.4 Å². The molecule has 14 nitrogen and oxygen atoms in total. The molecule has 0 bridgehead atoms. The predicted molar refractivity (Wildman–Crippen MR) is 286 cm³/mol. The summed E-state index contributed by atoms with van der Waals surface area (Å²) in [6.45, 7) is 1.13. The lowest BCUT2D eigenvalue weighted by atomic mass is 9.94. The number of benzene rings is 2. The number of carbonyl (C=O) groups is 4. The summed E-state index contributed by atoms with van der Waals surface area (Å²) in [5.74, 6) is -2.42. The molecule has 0 saturated carbocycles. The van der Waals surface area contributed by atoms with Crippen LogP contribution in [0.15, 0.2) is 60.7 Å². The molecule has 71 heavy (non-hydrogen) atoms. The van der Waals surface area contributed by atoms with Crippen LogP contribution in [0.2, 0.25) is 0 Å². The molecule has 0 radical (unpaired) electrons. The summed E-state index contributed by atoms with van der Waals surface area (Å²) < 4.78 is 35.4. The number of phosphoric ester groups is 1. The molecule has 0 saturated heterocycles. The highest BCUT2D eigenvalue weighted by molar-refractivity contribution is 7.47. The molecule has 0 amide bonds. The molecule has 408 valence electrons. The zero-order chi connectivity index (χ0) is 49.9. The van der Waals surface area contributed by atoms with Crippen molar-refractivity contribution in [2.24, 2.45) is 5.92 Å². The number of aliphatic carboxylic acids is 2. The highest BCUT2D eigenvalue weighted by Gasteiger charge is 2.27. The molecule has 2 aromatic carbocycles. The maximum Gasteiger partial charge on any atom is 0.472 e. The molecule has 0 aliphatic rings. The second kappa shape index (κ2) is 46.7. The number of ether oxygens (including phenoxy) is 2. The SMILES string of the molecule is Cl.Cl.O=C(O)CCCCCCCCCCCCCC[C@H](CCCCCCCCCCCCCC(=O)O)COP(=O)(O)OCC(COC(=O)CCNCc1ccccc1)OC(=O)CCNCc1ccccc1. The van der Waals surface area contributed by atoms with Crippen molar-refractivity contribution in [1.82, 2.24) is 10.6 Å². The van der Waals surface area contributed by atoms with E-state index in [0.29, 0.717) is 26.2 Å². The molecule has 0 heterocycles. The maximum absolute atomic E-state index is 13.3. The van der Waals surface area contributed by atoms with Crippen LogP contribution in [-0.4, -0.2) is 78.0 Å². The highest BCUT2D eigenvalue weighted by Crippen LogP contribution is 2.44. The van der Waals surface area contributed by atoms with E-state index in [0.717, 1.165) is 107 Å². The Morgan fingerprint density at radius 3 is 1.21 bits per heavy atom. The molecule has 0 aromatic heterocycles. The Morgan fingerprint density at radius 1 is 0.465 bits per heavy atom. The number of halogens is 2. The Bertz CT molecular complexity index is 1650. The minimum absolute atomic E-state index is 0. The van der Waals surface area contributed by atoms with Gasteiger partial charge >= 0.3 is 31.7 Å². The van der Waals surface area contributed by atoms with Crippen molar-refractivity contribution in [3.8, 4) is 0 Å². The third kappa shape index (κ3) is 43.1. The number of esters is 2. The first-order valence-electron chi connectivity index (χ1n) is 26.4. The van der Waals surface area contributed by atoms with E-state index >= 15 is 0 Å². The molecule has 5 N–H and O–H groups in total. The number of carboxylic acid groups (broad SMARTS) is 2. The van der Waals surface area contributed by atoms with Crippen molar-refractivity contribution in [1.29, 1.82) is 0 Å². The molecular formula is C54H91Cl2N2O12P. The maximum atomic E-state index is 13.3. The van der Waals surface area contributed by atoms with Crippen molar-refractivity contribution in [3.63, 3.8) is 0 Å². The second-order valence-electron chi connectivity index (χ2n) is 18.5. The number of hydrogen-bond acceptors (Lipinski definition) is 11. The molecular weight excluding hydrogens is 970 g/mol. The fourth-order valence-electron chi connectivity index (χ4n) is 8.16. The topological polar surface area (TPSA) is 207 Å². The Morgan fingerprint density at radius 2 is 0.817 bits per heavy atom. The molecule has 0 fully saturated rings. The average molecular weight is 1060 g/mol. The van der Waals surface area contributed by atoms with Gasteiger partial charge in [-0.05, 0) is 42.7 Å². The minimum atomic E-state index is -4.56. The number of rotatable bonds is 48. The van der Waals surface area contributed by atoms with Gasteiger partial charge in [0.25, 0.3) is 0 Å². The molecule has 0 aliphatic heterocycles. The third-order valence-electron chi connectivity index (χ3n) is 12.2. The standard InChI is InChI=1S/C54H89N2O12P.2ClH/c57-51(58)36-28-18-14-10-6-2-1-4-8-12-16-22-34-49(35-23-17-13-9-5-3-7-11-15-19-29-37-52(59)60)44-66-69(63,64)67-46-50(68-54(62)39-41-56-43-48-32-26-21-27-33-48)45-65-53(61)38-40-55-42-47-30-24-20-25-31-47;;/h20-21,24-27,30-33,49-50,55-56H,1-19,22-23,28-29,34-46H2,(H,57,58)(H,59,60)(H,63,64);2*1H/t49-,50?;;/m1../s1. The van der Waals surface area contributed by atoms with E-state index in [-0.39, 0.29) is 69.6 Å². The third-order valence-corrected chi connectivity index (χ3v) is 13.2. The van der Waals surface area contributed by atoms with E-state index in [1.807, 2.05) is 60.7 Å². The number of carboxylic acids is 2. The van der Waals surface area contributed by atoms with Gasteiger partial charge in [-0.25, -0.2) is 4.57 Å². The van der Waals surface area contributed by atoms with Crippen LogP contribution in [0, 0.1) is 5.92 Å². The Balaban J connectivity index is 0.0000245. The van der Waals surface area contributed by atoms with E-state index in [1.54, 1.807) is 0 Å². The number of unbranched alkanes of at least 4 members (excludes halogenated alkanes) is 21. The zero-order valence-electron chi connectivity index (χ0n) is 42.7. The van der Waals surface area contributed by atoms with Gasteiger partial charge in [0.2, 0.25) is 0 Å². The number of hydrogen-bond donors (Lipinski definition) is 5. The molecule has 3 atom stereocenters. The van der Waals surface area contributed by atoms with E-state index in [9.17, 15) is 28.6 Å². The average Bonchev–Trinajstić information content (AvgIpc) is 3.33. The molecule has 0 spiro atoms. The van der Waals surface area contributed by atoms with Crippen molar-refractivity contribution < 1.29 is 57.4 Å². The van der Waals surface area contributed by atoms with Crippen molar-refractivity contribution >= 4 is 56.5 Å². The van der Waals surface area contributed by atoms with Crippen LogP contribution in [-0.2, 0) is 55.4 Å². The summed E-state index contributed by atoms with van der Waals surface area (Å²) in [5, 5.41) is 24.0. The largest absolute Gasteiger partial charge is 0.481 e. The molecule has 2 aromatic rings. The number of phosphoric acid groups is 1. The minimum Gasteiger partial charge on any atom is -0.481 e. The van der Waals surface area contributed by atoms with Crippen molar-refractivity contribution in [2.75, 3.05) is 32.9 Å². The summed E-state index contributed by atoms with van der Waals surface area (Å²) in [6, 6.07) is 19.6. The number of carbonyl (C=O) groups excluding carboxylic acids is 2. The number of nitrogens with one attached hydrogen (secondary N) is 2. The van der Waals surface area contributed by atoms with Crippen LogP contribution >= 0.6 is 32.6 Å². The van der Waals surface area contributed by atoms with Gasteiger partial charge in [-0.15, -0.1) is 24.8 Å². The van der Waals surface area contributed by atoms with Gasteiger partial charge in [0, 0.05) is 39.0 Å². The quantitative estimate of drug-likeness (QED) is 0.0237. The lowest BCUT2D eigenvalue weighted by Gasteiger charge is -2.22. The van der Waals surface area contributed by atoms with Crippen LogP contribution in [0.3, 0.4) is 0 Å². The molecule has 2 rings (SSSR count). The first-order valence-corrected chi connectivity index (χ1v) is 27.9. The van der Waals surface area contributed by atoms with Gasteiger partial charge in [0.1, 0.15) is 6.61 Å². The monoisotopic (exact) mass is 1060 g/mol. The smallest absolute Gasteiger partial charge is 0.472 e. The first-order chi connectivity index (χ1) is 33.5. The predicted octanol–water partition coefficient (Wildman–Crippen LogP) is 13.1. The van der Waals surface area contributed by atoms with Gasteiger partial charge in [-0.1, -0.05) is 196 Å². The lowest BCUT2D eigenvalue weighted by molar-refractivity contribution is -0.161. The zero-order valence-corrected chi connectivity index (χ0v) is 45.2. The first kappa shape index (κ1) is 67.9. The van der Waals surface area contributed by atoms with Gasteiger partial charge in [-0.3, -0.25) is 28.2 Å². The van der Waals surface area contributed by atoms with Gasteiger partial charge < -0.3 is 35.2 Å². The highest BCUT2D eigenvalue weighted by atomic mass is 35.5. The molecule has 17 heteroatoms. The van der Waals surface area contributed by atoms with Gasteiger partial charge in [0.05, 0.1) is 26.1 Å². The van der Waals surface area contributed by atoms with E-state index in [4.69, 9.17) is 28.7 Å². The Labute approximate surface area is 438 Å². The Hall–Kier alpha value is -3.07. The van der Waals surface area contributed by atoms with Crippen LogP contribution in [0.4, 0.5) is 0 Å². The Kier molecular flexibility index (Phi) is 44.7. The molecule has 2 unspecified atom stereocenters. The summed E-state index contributed by atoms with van der Waals surface area (Å²) in [7, 11) is -4.56. The lowest BCUT2D eigenvalue weighted by Crippen LogP contribution is -2.31. The summed E-state index contributed by atoms with van der Waals surface area (Å²) in [4.78, 5) is 57.7. The van der Waals surface area contributed by atoms with E-state index in [2.05, 4.69) is 10.6 Å². The van der Waals surface area contributed by atoms with Crippen molar-refractivity contribution in [2.45, 2.75) is 205 Å². The van der Waals surface area contributed by atoms with Crippen LogP contribution in [0.1, 0.15) is 197 Å². The molecule has 0 aliphatic carbocycles. The van der Waals surface area contributed by atoms with E-state index in [1.165, 1.54) is 64.2 Å².